The summed E-state index contributed by atoms with van der Waals surface area (Å²) in [4.78, 5) is 27.6. The fourth-order valence-corrected chi connectivity index (χ4v) is 7.40. The second kappa shape index (κ2) is 15.7. The molecule has 1 fully saturated rings. The summed E-state index contributed by atoms with van der Waals surface area (Å²) in [5, 5.41) is 15.5. The summed E-state index contributed by atoms with van der Waals surface area (Å²) in [6.07, 6.45) is 1.50. The number of carboxylic acids is 1. The summed E-state index contributed by atoms with van der Waals surface area (Å²) < 4.78 is 51.7. The predicted molar refractivity (Wildman–Crippen MR) is 192 cm³/mol. The quantitative estimate of drug-likeness (QED) is 0.149. The molecule has 0 atom stereocenters. The Bertz CT molecular complexity index is 1850. The number of nitrogens with one attached hydrogen (secondary N) is 2. The molecule has 49 heavy (non-hydrogen) atoms. The van der Waals surface area contributed by atoms with Crippen molar-refractivity contribution < 1.29 is 32.4 Å². The number of ether oxygens (including phenoxy) is 1. The number of benzene rings is 2. The van der Waals surface area contributed by atoms with Crippen LogP contribution in [-0.2, 0) is 15.8 Å². The maximum Gasteiger partial charge on any atom is 0.490 e. The van der Waals surface area contributed by atoms with E-state index in [1.807, 2.05) is 24.3 Å². The Hall–Kier alpha value is -3.94. The van der Waals surface area contributed by atoms with E-state index in [-0.39, 0.29) is 0 Å². The van der Waals surface area contributed by atoms with Crippen LogP contribution < -0.4 is 25.6 Å². The normalized spacial score (nSPS) is 14.0. The molecule has 1 saturated heterocycles. The Morgan fingerprint density at radius 1 is 1.10 bits per heavy atom. The zero-order valence-corrected chi connectivity index (χ0v) is 30.6. The number of aliphatic carboxylic acids is 1. The molecule has 0 amide bonds. The van der Waals surface area contributed by atoms with Crippen LogP contribution in [0.25, 0.3) is 10.9 Å². The van der Waals surface area contributed by atoms with Crippen molar-refractivity contribution in [3.05, 3.63) is 58.8 Å². The lowest BCUT2D eigenvalue weighted by atomic mass is 10.0. The van der Waals surface area contributed by atoms with E-state index in [0.29, 0.717) is 28.0 Å². The van der Waals surface area contributed by atoms with Gasteiger partial charge in [-0.05, 0) is 80.3 Å². The van der Waals surface area contributed by atoms with Crippen molar-refractivity contribution in [3.63, 3.8) is 0 Å². The van der Waals surface area contributed by atoms with E-state index < -0.39 is 19.3 Å². The zero-order valence-electron chi connectivity index (χ0n) is 28.1. The third kappa shape index (κ3) is 9.40. The van der Waals surface area contributed by atoms with Gasteiger partial charge in [-0.2, -0.15) is 18.2 Å². The number of halogens is 4. The van der Waals surface area contributed by atoms with Crippen molar-refractivity contribution >= 4 is 74.1 Å². The molecule has 0 unspecified atom stereocenters. The van der Waals surface area contributed by atoms with E-state index in [4.69, 9.17) is 19.6 Å². The standard InChI is InChI=1S/C31H39BrN7O2P.C2HF3O2/c1-7-20-16-25(28(41-4)17-27(20)39-14-12-21(13-15-39)38(2)3)36-31-34-18-23(32)30(37-31)35-26-19-33-24-11-9-8-10-22(24)29(26)42(5,6)40;3-2(4,5)1(6)7/h8-11,16-19,21H,7,12-15H2,1-6H3,(H2,34,35,36,37);(H,6,7). The SMILES string of the molecule is CCc1cc(Nc2ncc(Br)c(Nc3cnc4ccccc4c3P(C)(C)=O)n2)c(OC)cc1N1CCC(N(C)C)CC1.O=C(O)C(F)(F)F. The highest BCUT2D eigenvalue weighted by molar-refractivity contribution is 9.10. The molecule has 16 heteroatoms. The van der Waals surface area contributed by atoms with Crippen LogP contribution in [0.3, 0.4) is 0 Å². The van der Waals surface area contributed by atoms with Crippen LogP contribution in [0.4, 0.5) is 42.0 Å². The van der Waals surface area contributed by atoms with Crippen LogP contribution in [0.1, 0.15) is 25.3 Å². The minimum atomic E-state index is -5.08. The van der Waals surface area contributed by atoms with E-state index in [9.17, 15) is 17.7 Å². The van der Waals surface area contributed by atoms with E-state index >= 15 is 0 Å². The van der Waals surface area contributed by atoms with Gasteiger partial charge in [0.1, 0.15) is 18.7 Å². The molecule has 1 aliphatic rings. The van der Waals surface area contributed by atoms with Crippen molar-refractivity contribution in [1.29, 1.82) is 0 Å². The fraction of sp³-hybridized carbons (Fsp3) is 0.394. The van der Waals surface area contributed by atoms with Crippen LogP contribution in [-0.4, -0.2) is 90.8 Å². The van der Waals surface area contributed by atoms with Gasteiger partial charge in [-0.15, -0.1) is 0 Å². The number of methoxy groups -OCH3 is 1. The number of para-hydroxylation sites is 1. The lowest BCUT2D eigenvalue weighted by molar-refractivity contribution is -0.192. The van der Waals surface area contributed by atoms with Gasteiger partial charge in [0.25, 0.3) is 0 Å². The first-order valence-corrected chi connectivity index (χ1v) is 18.8. The number of aryl methyl sites for hydroxylation is 1. The Kier molecular flexibility index (Phi) is 12.2. The number of hydrogen-bond donors (Lipinski definition) is 3. The average molecular weight is 767 g/mol. The predicted octanol–water partition coefficient (Wildman–Crippen LogP) is 7.26. The molecule has 0 spiro atoms. The molecule has 0 radical (unpaired) electrons. The Balaban J connectivity index is 0.000000698. The van der Waals surface area contributed by atoms with Crippen LogP contribution in [0.2, 0.25) is 0 Å². The number of alkyl halides is 3. The van der Waals surface area contributed by atoms with Crippen LogP contribution in [0, 0.1) is 0 Å². The molecule has 3 N–H and O–H groups in total. The minimum absolute atomic E-state index is 0.409. The maximum atomic E-state index is 13.4. The number of pyridine rings is 1. The minimum Gasteiger partial charge on any atom is -0.494 e. The second-order valence-corrected chi connectivity index (χ2v) is 16.1. The first-order chi connectivity index (χ1) is 23.0. The Morgan fingerprint density at radius 3 is 2.33 bits per heavy atom. The van der Waals surface area contributed by atoms with Crippen molar-refractivity contribution in [2.45, 2.75) is 38.4 Å². The topological polar surface area (TPSA) is 133 Å². The molecular formula is C33H40BrF3N7O4P. The van der Waals surface area contributed by atoms with Gasteiger partial charge in [0.15, 0.2) is 0 Å². The maximum absolute atomic E-state index is 13.4. The van der Waals surface area contributed by atoms with Crippen molar-refractivity contribution in [1.82, 2.24) is 19.9 Å². The summed E-state index contributed by atoms with van der Waals surface area (Å²) >= 11 is 3.58. The number of hydrogen-bond acceptors (Lipinski definition) is 10. The molecule has 2 aromatic heterocycles. The highest BCUT2D eigenvalue weighted by Crippen LogP contribution is 2.42. The molecule has 0 bridgehead atoms. The Morgan fingerprint density at radius 2 is 1.76 bits per heavy atom. The first-order valence-electron chi connectivity index (χ1n) is 15.5. The third-order valence-electron chi connectivity index (χ3n) is 8.09. The van der Waals surface area contributed by atoms with Crippen LogP contribution in [0.5, 0.6) is 5.75 Å². The lowest BCUT2D eigenvalue weighted by Crippen LogP contribution is -2.42. The van der Waals surface area contributed by atoms with E-state index in [2.05, 4.69) is 79.5 Å². The molecule has 5 rings (SSSR count). The molecule has 0 saturated carbocycles. The molecule has 2 aromatic carbocycles. The molecule has 264 valence electrons. The summed E-state index contributed by atoms with van der Waals surface area (Å²) in [7, 11) is 3.35. The van der Waals surface area contributed by atoms with Crippen molar-refractivity contribution in [2.75, 3.05) is 63.2 Å². The Labute approximate surface area is 291 Å². The first kappa shape index (κ1) is 37.9. The van der Waals surface area contributed by atoms with Gasteiger partial charge >= 0.3 is 12.1 Å². The number of piperidine rings is 1. The second-order valence-electron chi connectivity index (χ2n) is 12.0. The van der Waals surface area contributed by atoms with Gasteiger partial charge < -0.3 is 34.8 Å². The third-order valence-corrected chi connectivity index (χ3v) is 10.2. The number of carboxylic acid groups (broad SMARTS) is 1. The fourth-order valence-electron chi connectivity index (χ4n) is 5.64. The highest BCUT2D eigenvalue weighted by atomic mass is 79.9. The van der Waals surface area contributed by atoms with E-state index in [0.717, 1.165) is 60.0 Å². The summed E-state index contributed by atoms with van der Waals surface area (Å²) in [5.74, 6) is -1.08. The summed E-state index contributed by atoms with van der Waals surface area (Å²) in [6, 6.07) is 12.6. The molecule has 3 heterocycles. The van der Waals surface area contributed by atoms with E-state index in [1.165, 1.54) is 11.3 Å². The lowest BCUT2D eigenvalue weighted by Gasteiger charge is -2.37. The largest absolute Gasteiger partial charge is 0.494 e. The highest BCUT2D eigenvalue weighted by Gasteiger charge is 2.38. The van der Waals surface area contributed by atoms with Gasteiger partial charge in [0, 0.05) is 47.8 Å². The molecule has 11 nitrogen and oxygen atoms in total. The van der Waals surface area contributed by atoms with Gasteiger partial charge in [0.05, 0.1) is 34.7 Å². The smallest absolute Gasteiger partial charge is 0.490 e. The monoisotopic (exact) mass is 765 g/mol. The molecule has 1 aliphatic heterocycles. The summed E-state index contributed by atoms with van der Waals surface area (Å²) in [6.45, 7) is 7.76. The van der Waals surface area contributed by atoms with Gasteiger partial charge in [-0.1, -0.05) is 25.1 Å². The average Bonchev–Trinajstić information content (AvgIpc) is 3.05. The van der Waals surface area contributed by atoms with Gasteiger partial charge in [0.2, 0.25) is 5.95 Å². The van der Waals surface area contributed by atoms with Crippen LogP contribution in [0.15, 0.2) is 53.3 Å². The van der Waals surface area contributed by atoms with Crippen molar-refractivity contribution in [3.8, 4) is 5.75 Å². The number of carbonyl (C=O) groups is 1. The molecule has 4 aromatic rings. The number of aromatic nitrogens is 3. The van der Waals surface area contributed by atoms with Crippen molar-refractivity contribution in [2.24, 2.45) is 0 Å². The summed E-state index contributed by atoms with van der Waals surface area (Å²) in [5.41, 5.74) is 4.71. The molecular weight excluding hydrogens is 726 g/mol. The number of nitrogens with zero attached hydrogens (tertiary/aromatic N) is 5. The number of rotatable bonds is 9. The van der Waals surface area contributed by atoms with E-state index in [1.54, 1.807) is 32.8 Å². The van der Waals surface area contributed by atoms with Gasteiger partial charge in [-0.3, -0.25) is 4.98 Å². The number of anilines is 5. The molecule has 0 aliphatic carbocycles. The van der Waals surface area contributed by atoms with Crippen LogP contribution >= 0.6 is 23.1 Å². The number of fused-ring (bicyclic) bond motifs is 1. The zero-order chi connectivity index (χ0) is 36.1. The van der Waals surface area contributed by atoms with Gasteiger partial charge in [-0.25, -0.2) is 9.78 Å².